The molecule has 2 heterocycles. The summed E-state index contributed by atoms with van der Waals surface area (Å²) < 4.78 is 7.76. The van der Waals surface area contributed by atoms with Gasteiger partial charge >= 0.3 is 0 Å². The van der Waals surface area contributed by atoms with E-state index in [1.165, 1.54) is 5.52 Å². The van der Waals surface area contributed by atoms with E-state index >= 15 is 0 Å². The van der Waals surface area contributed by atoms with Gasteiger partial charge in [0.2, 0.25) is 5.91 Å². The smallest absolute Gasteiger partial charge is 0.223 e. The predicted molar refractivity (Wildman–Crippen MR) is 108 cm³/mol. The number of rotatable bonds is 9. The Morgan fingerprint density at radius 3 is 2.67 bits per heavy atom. The van der Waals surface area contributed by atoms with Crippen molar-refractivity contribution in [3.05, 3.63) is 30.1 Å². The zero-order valence-electron chi connectivity index (χ0n) is 16.6. The van der Waals surface area contributed by atoms with Crippen LogP contribution in [0.1, 0.15) is 32.5 Å². The van der Waals surface area contributed by atoms with Crippen LogP contribution in [0, 0.1) is 5.92 Å². The van der Waals surface area contributed by atoms with E-state index < -0.39 is 0 Å². The lowest BCUT2D eigenvalue weighted by Gasteiger charge is -2.27. The first kappa shape index (κ1) is 19.8. The summed E-state index contributed by atoms with van der Waals surface area (Å²) in [5.74, 6) is 1.33. The van der Waals surface area contributed by atoms with Gasteiger partial charge in [-0.1, -0.05) is 26.0 Å². The van der Waals surface area contributed by atoms with Crippen molar-refractivity contribution >= 4 is 16.9 Å². The summed E-state index contributed by atoms with van der Waals surface area (Å²) in [6.45, 7) is 10.3. The van der Waals surface area contributed by atoms with E-state index in [0.717, 1.165) is 70.0 Å². The molecule has 6 nitrogen and oxygen atoms in total. The predicted octanol–water partition coefficient (Wildman–Crippen LogP) is 2.46. The van der Waals surface area contributed by atoms with Crippen LogP contribution in [-0.4, -0.2) is 59.8 Å². The summed E-state index contributed by atoms with van der Waals surface area (Å²) in [6, 6.07) is 8.29. The average Bonchev–Trinajstić information content (AvgIpc) is 3.05. The third-order valence-electron chi connectivity index (χ3n) is 5.48. The topological polar surface area (TPSA) is 59.4 Å². The number of benzene rings is 1. The summed E-state index contributed by atoms with van der Waals surface area (Å²) >= 11 is 0. The normalized spacial score (nSPS) is 15.5. The molecule has 1 saturated heterocycles. The Labute approximate surface area is 161 Å². The first-order valence-electron chi connectivity index (χ1n) is 10.2. The van der Waals surface area contributed by atoms with Crippen molar-refractivity contribution in [3.8, 4) is 0 Å². The third-order valence-corrected chi connectivity index (χ3v) is 5.48. The Morgan fingerprint density at radius 1 is 1.19 bits per heavy atom. The van der Waals surface area contributed by atoms with E-state index in [1.54, 1.807) is 0 Å². The lowest BCUT2D eigenvalue weighted by atomic mass is 10.0. The number of nitrogens with one attached hydrogen (secondary N) is 1. The van der Waals surface area contributed by atoms with E-state index in [-0.39, 0.29) is 11.8 Å². The molecule has 27 heavy (non-hydrogen) atoms. The highest BCUT2D eigenvalue weighted by molar-refractivity contribution is 5.78. The van der Waals surface area contributed by atoms with Crippen LogP contribution in [0.15, 0.2) is 24.3 Å². The van der Waals surface area contributed by atoms with Crippen molar-refractivity contribution in [2.75, 3.05) is 39.4 Å². The maximum absolute atomic E-state index is 12.2. The first-order valence-corrected chi connectivity index (χ1v) is 10.2. The molecule has 0 bridgehead atoms. The second kappa shape index (κ2) is 9.85. The average molecular weight is 373 g/mol. The molecule has 0 saturated carbocycles. The van der Waals surface area contributed by atoms with E-state index in [1.807, 2.05) is 6.07 Å². The fraction of sp³-hybridized carbons (Fsp3) is 0.619. The molecular formula is C21H32N4O2. The zero-order valence-corrected chi connectivity index (χ0v) is 16.6. The van der Waals surface area contributed by atoms with Gasteiger partial charge in [0, 0.05) is 45.1 Å². The molecule has 0 atom stereocenters. The molecule has 0 aliphatic carbocycles. The SMILES string of the molecule is CCC(CC)C(=O)NCCc1nc2ccccc2n1CCN1CCOCC1. The van der Waals surface area contributed by atoms with Crippen molar-refractivity contribution in [1.82, 2.24) is 19.8 Å². The number of morpholine rings is 1. The van der Waals surface area contributed by atoms with Gasteiger partial charge in [-0.15, -0.1) is 0 Å². The standard InChI is InChI=1S/C21H32N4O2/c1-3-17(4-2)21(26)22-10-9-20-23-18-7-5-6-8-19(18)25(20)12-11-24-13-15-27-16-14-24/h5-8,17H,3-4,9-16H2,1-2H3,(H,22,26). The molecule has 1 aliphatic rings. The number of nitrogens with zero attached hydrogens (tertiary/aromatic N) is 3. The van der Waals surface area contributed by atoms with Crippen molar-refractivity contribution in [2.45, 2.75) is 39.7 Å². The van der Waals surface area contributed by atoms with E-state index in [0.29, 0.717) is 6.54 Å². The molecular weight excluding hydrogens is 340 g/mol. The lowest BCUT2D eigenvalue weighted by Crippen LogP contribution is -2.38. The van der Waals surface area contributed by atoms with Gasteiger partial charge in [0.1, 0.15) is 5.82 Å². The van der Waals surface area contributed by atoms with Gasteiger partial charge in [-0.05, 0) is 25.0 Å². The molecule has 1 aliphatic heterocycles. The highest BCUT2D eigenvalue weighted by atomic mass is 16.5. The van der Waals surface area contributed by atoms with Crippen LogP contribution in [-0.2, 0) is 22.5 Å². The molecule has 3 rings (SSSR count). The van der Waals surface area contributed by atoms with E-state index in [4.69, 9.17) is 9.72 Å². The second-order valence-electron chi connectivity index (χ2n) is 7.18. The number of ether oxygens (including phenoxy) is 1. The number of hydrogen-bond acceptors (Lipinski definition) is 4. The molecule has 148 valence electrons. The van der Waals surface area contributed by atoms with Gasteiger partial charge < -0.3 is 14.6 Å². The minimum absolute atomic E-state index is 0.116. The molecule has 1 N–H and O–H groups in total. The quantitative estimate of drug-likeness (QED) is 0.735. The number of para-hydroxylation sites is 2. The molecule has 0 spiro atoms. The third kappa shape index (κ3) is 5.08. The van der Waals surface area contributed by atoms with Crippen LogP contribution >= 0.6 is 0 Å². The Morgan fingerprint density at radius 2 is 1.93 bits per heavy atom. The van der Waals surface area contributed by atoms with E-state index in [9.17, 15) is 4.79 Å². The van der Waals surface area contributed by atoms with Gasteiger partial charge in [0.15, 0.2) is 0 Å². The van der Waals surface area contributed by atoms with Crippen LogP contribution < -0.4 is 5.32 Å². The number of imidazole rings is 1. The van der Waals surface area contributed by atoms with Crippen LogP contribution in [0.4, 0.5) is 0 Å². The summed E-state index contributed by atoms with van der Waals surface area (Å²) in [6.07, 6.45) is 2.53. The van der Waals surface area contributed by atoms with Crippen LogP contribution in [0.3, 0.4) is 0 Å². The monoisotopic (exact) mass is 372 g/mol. The molecule has 1 amide bonds. The van der Waals surface area contributed by atoms with Crippen molar-refractivity contribution in [1.29, 1.82) is 0 Å². The Balaban J connectivity index is 1.65. The van der Waals surface area contributed by atoms with Gasteiger partial charge in [-0.2, -0.15) is 0 Å². The van der Waals surface area contributed by atoms with Crippen LogP contribution in [0.5, 0.6) is 0 Å². The highest BCUT2D eigenvalue weighted by Gasteiger charge is 2.16. The summed E-state index contributed by atoms with van der Waals surface area (Å²) in [5.41, 5.74) is 2.20. The van der Waals surface area contributed by atoms with Gasteiger partial charge in [-0.3, -0.25) is 9.69 Å². The zero-order chi connectivity index (χ0) is 19.1. The van der Waals surface area contributed by atoms with Crippen LogP contribution in [0.2, 0.25) is 0 Å². The summed E-state index contributed by atoms with van der Waals surface area (Å²) in [5, 5.41) is 3.09. The summed E-state index contributed by atoms with van der Waals surface area (Å²) in [4.78, 5) is 19.5. The van der Waals surface area contributed by atoms with Gasteiger partial charge in [0.25, 0.3) is 0 Å². The number of hydrogen-bond donors (Lipinski definition) is 1. The molecule has 0 radical (unpaired) electrons. The molecule has 6 heteroatoms. The maximum Gasteiger partial charge on any atom is 0.223 e. The van der Waals surface area contributed by atoms with Crippen LogP contribution in [0.25, 0.3) is 11.0 Å². The molecule has 1 aromatic carbocycles. The van der Waals surface area contributed by atoms with Crippen molar-refractivity contribution < 1.29 is 9.53 Å². The number of carbonyl (C=O) groups is 1. The summed E-state index contributed by atoms with van der Waals surface area (Å²) in [7, 11) is 0. The largest absolute Gasteiger partial charge is 0.379 e. The molecule has 1 aromatic heterocycles. The van der Waals surface area contributed by atoms with Crippen molar-refractivity contribution in [3.63, 3.8) is 0 Å². The number of aromatic nitrogens is 2. The fourth-order valence-corrected chi connectivity index (χ4v) is 3.73. The minimum atomic E-state index is 0.116. The first-order chi connectivity index (χ1) is 13.2. The highest BCUT2D eigenvalue weighted by Crippen LogP contribution is 2.17. The van der Waals surface area contributed by atoms with Crippen molar-refractivity contribution in [2.24, 2.45) is 5.92 Å². The Kier molecular flexibility index (Phi) is 7.24. The Bertz CT molecular complexity index is 733. The number of fused-ring (bicyclic) bond motifs is 1. The Hall–Kier alpha value is -1.92. The lowest BCUT2D eigenvalue weighted by molar-refractivity contribution is -0.125. The second-order valence-corrected chi connectivity index (χ2v) is 7.18. The van der Waals surface area contributed by atoms with E-state index in [2.05, 4.69) is 46.8 Å². The fourth-order valence-electron chi connectivity index (χ4n) is 3.73. The minimum Gasteiger partial charge on any atom is -0.379 e. The molecule has 2 aromatic rings. The van der Waals surface area contributed by atoms with Gasteiger partial charge in [0.05, 0.1) is 24.2 Å². The number of amides is 1. The maximum atomic E-state index is 12.2. The number of carbonyl (C=O) groups excluding carboxylic acids is 1. The molecule has 0 unspecified atom stereocenters. The van der Waals surface area contributed by atoms with Gasteiger partial charge in [-0.25, -0.2) is 4.98 Å². The molecule has 1 fully saturated rings.